The summed E-state index contributed by atoms with van der Waals surface area (Å²) in [4.78, 5) is 10.8. The summed E-state index contributed by atoms with van der Waals surface area (Å²) in [5.74, 6) is 0.328. The fourth-order valence-corrected chi connectivity index (χ4v) is 1.65. The number of piperidine rings is 1. The molecular formula is C9H17NO2. The summed E-state index contributed by atoms with van der Waals surface area (Å²) in [6.45, 7) is 3.82. The Morgan fingerprint density at radius 2 is 2.42 bits per heavy atom. The molecule has 0 aromatic rings. The molecule has 0 aromatic carbocycles. The Balaban J connectivity index is 2.57. The molecule has 0 bridgehead atoms. The van der Waals surface area contributed by atoms with E-state index in [0.29, 0.717) is 5.92 Å². The first kappa shape index (κ1) is 9.68. The second-order valence-electron chi connectivity index (χ2n) is 3.55. The SMILES string of the molecule is COC(C)(C=O)C1CCCNC1. The Morgan fingerprint density at radius 3 is 2.83 bits per heavy atom. The zero-order chi connectivity index (χ0) is 9.03. The number of hydrogen-bond acceptors (Lipinski definition) is 3. The van der Waals surface area contributed by atoms with E-state index in [9.17, 15) is 4.79 Å². The van der Waals surface area contributed by atoms with Crippen LogP contribution in [0.5, 0.6) is 0 Å². The van der Waals surface area contributed by atoms with Crippen molar-refractivity contribution in [2.24, 2.45) is 5.92 Å². The second kappa shape index (κ2) is 4.01. The molecule has 1 aliphatic heterocycles. The topological polar surface area (TPSA) is 38.3 Å². The molecule has 0 aromatic heterocycles. The molecule has 0 saturated carbocycles. The van der Waals surface area contributed by atoms with Gasteiger partial charge in [-0.15, -0.1) is 0 Å². The third-order valence-electron chi connectivity index (χ3n) is 2.78. The minimum absolute atomic E-state index is 0.328. The Bertz CT molecular complexity index is 155. The molecule has 2 unspecified atom stereocenters. The van der Waals surface area contributed by atoms with E-state index in [4.69, 9.17) is 4.74 Å². The largest absolute Gasteiger partial charge is 0.371 e. The molecule has 1 fully saturated rings. The van der Waals surface area contributed by atoms with Crippen LogP contribution < -0.4 is 5.32 Å². The van der Waals surface area contributed by atoms with E-state index < -0.39 is 5.60 Å². The van der Waals surface area contributed by atoms with E-state index in [0.717, 1.165) is 32.2 Å². The van der Waals surface area contributed by atoms with Crippen molar-refractivity contribution in [1.82, 2.24) is 5.32 Å². The van der Waals surface area contributed by atoms with Crippen LogP contribution in [0.25, 0.3) is 0 Å². The molecule has 1 heterocycles. The lowest BCUT2D eigenvalue weighted by Gasteiger charge is -2.34. The fraction of sp³-hybridized carbons (Fsp3) is 0.889. The first-order valence-corrected chi connectivity index (χ1v) is 4.45. The summed E-state index contributed by atoms with van der Waals surface area (Å²) in [6, 6.07) is 0. The Morgan fingerprint density at radius 1 is 1.67 bits per heavy atom. The standard InChI is InChI=1S/C9H17NO2/c1-9(7-11,12-2)8-4-3-5-10-6-8/h7-8,10H,3-6H2,1-2H3. The van der Waals surface area contributed by atoms with Crippen LogP contribution in [-0.4, -0.2) is 32.1 Å². The normalized spacial score (nSPS) is 29.3. The van der Waals surface area contributed by atoms with Crippen molar-refractivity contribution in [1.29, 1.82) is 0 Å². The van der Waals surface area contributed by atoms with E-state index in [1.54, 1.807) is 7.11 Å². The van der Waals surface area contributed by atoms with Crippen LogP contribution in [0.2, 0.25) is 0 Å². The highest BCUT2D eigenvalue weighted by Gasteiger charge is 2.34. The number of methoxy groups -OCH3 is 1. The molecule has 1 N–H and O–H groups in total. The highest BCUT2D eigenvalue weighted by Crippen LogP contribution is 2.24. The van der Waals surface area contributed by atoms with Gasteiger partial charge in [0.05, 0.1) is 0 Å². The van der Waals surface area contributed by atoms with Gasteiger partial charge < -0.3 is 14.8 Å². The van der Waals surface area contributed by atoms with Gasteiger partial charge in [0.1, 0.15) is 5.60 Å². The Labute approximate surface area is 73.5 Å². The lowest BCUT2D eigenvalue weighted by molar-refractivity contribution is -0.132. The van der Waals surface area contributed by atoms with Gasteiger partial charge in [-0.05, 0) is 26.3 Å². The number of ether oxygens (including phenoxy) is 1. The van der Waals surface area contributed by atoms with Crippen molar-refractivity contribution in [2.75, 3.05) is 20.2 Å². The molecule has 70 valence electrons. The Hall–Kier alpha value is -0.410. The van der Waals surface area contributed by atoms with E-state index in [-0.39, 0.29) is 0 Å². The zero-order valence-corrected chi connectivity index (χ0v) is 7.80. The maximum atomic E-state index is 10.8. The van der Waals surface area contributed by atoms with Crippen LogP contribution in [0, 0.1) is 5.92 Å². The van der Waals surface area contributed by atoms with Crippen molar-refractivity contribution < 1.29 is 9.53 Å². The van der Waals surface area contributed by atoms with Crippen LogP contribution in [0.1, 0.15) is 19.8 Å². The third-order valence-corrected chi connectivity index (χ3v) is 2.78. The summed E-state index contributed by atoms with van der Waals surface area (Å²) in [6.07, 6.45) is 3.14. The van der Waals surface area contributed by atoms with Crippen LogP contribution >= 0.6 is 0 Å². The van der Waals surface area contributed by atoms with Gasteiger partial charge in [-0.3, -0.25) is 0 Å². The molecule has 0 amide bonds. The van der Waals surface area contributed by atoms with Gasteiger partial charge >= 0.3 is 0 Å². The van der Waals surface area contributed by atoms with Crippen molar-refractivity contribution in [3.63, 3.8) is 0 Å². The molecule has 1 aliphatic rings. The number of rotatable bonds is 3. The summed E-state index contributed by atoms with van der Waals surface area (Å²) in [5.41, 5.74) is -0.590. The van der Waals surface area contributed by atoms with Crippen molar-refractivity contribution in [2.45, 2.75) is 25.4 Å². The van der Waals surface area contributed by atoms with Crippen LogP contribution in [0.4, 0.5) is 0 Å². The number of carbonyl (C=O) groups excluding carboxylic acids is 1. The number of nitrogens with one attached hydrogen (secondary N) is 1. The third kappa shape index (κ3) is 1.84. The number of aldehydes is 1. The number of hydrogen-bond donors (Lipinski definition) is 1. The van der Waals surface area contributed by atoms with Gasteiger partial charge in [0.25, 0.3) is 0 Å². The smallest absolute Gasteiger partial charge is 0.151 e. The molecule has 1 rings (SSSR count). The van der Waals surface area contributed by atoms with Crippen LogP contribution in [0.15, 0.2) is 0 Å². The summed E-state index contributed by atoms with van der Waals surface area (Å²) in [5, 5.41) is 3.27. The van der Waals surface area contributed by atoms with Crippen molar-refractivity contribution in [3.05, 3.63) is 0 Å². The van der Waals surface area contributed by atoms with Gasteiger partial charge in [0, 0.05) is 19.6 Å². The second-order valence-corrected chi connectivity index (χ2v) is 3.55. The van der Waals surface area contributed by atoms with E-state index in [1.165, 1.54) is 0 Å². The highest BCUT2D eigenvalue weighted by atomic mass is 16.5. The van der Waals surface area contributed by atoms with E-state index in [1.807, 2.05) is 6.92 Å². The molecular weight excluding hydrogens is 154 g/mol. The van der Waals surface area contributed by atoms with Gasteiger partial charge in [-0.1, -0.05) is 0 Å². The quantitative estimate of drug-likeness (QED) is 0.632. The van der Waals surface area contributed by atoms with Gasteiger partial charge in [0.15, 0.2) is 6.29 Å². The minimum atomic E-state index is -0.590. The van der Waals surface area contributed by atoms with Crippen LogP contribution in [0.3, 0.4) is 0 Å². The van der Waals surface area contributed by atoms with Gasteiger partial charge in [0.2, 0.25) is 0 Å². The minimum Gasteiger partial charge on any atom is -0.371 e. The summed E-state index contributed by atoms with van der Waals surface area (Å²) in [7, 11) is 1.60. The van der Waals surface area contributed by atoms with E-state index in [2.05, 4.69) is 5.32 Å². The van der Waals surface area contributed by atoms with Crippen LogP contribution in [-0.2, 0) is 9.53 Å². The average molecular weight is 171 g/mol. The van der Waals surface area contributed by atoms with Gasteiger partial charge in [-0.2, -0.15) is 0 Å². The maximum Gasteiger partial charge on any atom is 0.151 e. The number of carbonyl (C=O) groups is 1. The molecule has 12 heavy (non-hydrogen) atoms. The molecule has 2 atom stereocenters. The Kier molecular flexibility index (Phi) is 3.23. The predicted molar refractivity (Wildman–Crippen MR) is 47.1 cm³/mol. The zero-order valence-electron chi connectivity index (χ0n) is 7.80. The summed E-state index contributed by atoms with van der Waals surface area (Å²) >= 11 is 0. The van der Waals surface area contributed by atoms with Crippen molar-refractivity contribution >= 4 is 6.29 Å². The molecule has 0 aliphatic carbocycles. The summed E-state index contributed by atoms with van der Waals surface area (Å²) < 4.78 is 5.22. The molecule has 1 saturated heterocycles. The van der Waals surface area contributed by atoms with Gasteiger partial charge in [-0.25, -0.2) is 0 Å². The monoisotopic (exact) mass is 171 g/mol. The molecule has 0 radical (unpaired) electrons. The fourth-order valence-electron chi connectivity index (χ4n) is 1.65. The first-order chi connectivity index (χ1) is 5.73. The van der Waals surface area contributed by atoms with Crippen molar-refractivity contribution in [3.8, 4) is 0 Å². The molecule has 0 spiro atoms. The maximum absolute atomic E-state index is 10.8. The lowest BCUT2D eigenvalue weighted by atomic mass is 9.84. The van der Waals surface area contributed by atoms with E-state index >= 15 is 0 Å². The molecule has 3 heteroatoms. The molecule has 3 nitrogen and oxygen atoms in total. The lowest BCUT2D eigenvalue weighted by Crippen LogP contribution is -2.46. The highest BCUT2D eigenvalue weighted by molar-refractivity contribution is 5.62. The predicted octanol–water partition coefficient (Wildman–Crippen LogP) is 0.590. The first-order valence-electron chi connectivity index (χ1n) is 4.45. The average Bonchev–Trinajstić information content (AvgIpc) is 2.18.